The lowest BCUT2D eigenvalue weighted by atomic mass is 10.1. The summed E-state index contributed by atoms with van der Waals surface area (Å²) in [4.78, 5) is 6.79. The molecule has 162 valence electrons. The molecule has 6 nitrogen and oxygen atoms in total. The molecule has 4 aromatic rings. The molecule has 0 spiro atoms. The van der Waals surface area contributed by atoms with Gasteiger partial charge in [0, 0.05) is 49.9 Å². The smallest absolute Gasteiger partial charge is 0.406 e. The van der Waals surface area contributed by atoms with Gasteiger partial charge in [0.25, 0.3) is 0 Å². The van der Waals surface area contributed by atoms with Crippen molar-refractivity contribution in [3.63, 3.8) is 0 Å². The SMILES string of the molecule is Cc1cc2c(N3CCC(Oc4cccc5c4ccn5CC(F)(F)F)CC3)nccn2n1. The quantitative estimate of drug-likeness (QED) is 0.476. The number of nitrogens with zero attached hydrogens (tertiary/aromatic N) is 5. The highest BCUT2D eigenvalue weighted by atomic mass is 19.4. The van der Waals surface area contributed by atoms with Crippen LogP contribution in [0.5, 0.6) is 5.75 Å². The summed E-state index contributed by atoms with van der Waals surface area (Å²) in [5, 5.41) is 5.15. The summed E-state index contributed by atoms with van der Waals surface area (Å²) in [6.07, 6.45) is 2.40. The predicted molar refractivity (Wildman–Crippen MR) is 112 cm³/mol. The highest BCUT2D eigenvalue weighted by molar-refractivity contribution is 5.86. The van der Waals surface area contributed by atoms with Crippen LogP contribution in [-0.4, -0.2) is 44.5 Å². The number of benzene rings is 1. The van der Waals surface area contributed by atoms with Gasteiger partial charge in [0.05, 0.1) is 11.2 Å². The standard InChI is InChI=1S/C22H22F3N5O/c1-15-13-19-21(26-8-12-30(19)27-15)28-9-5-16(6-10-28)31-20-4-2-3-18-17(20)7-11-29(18)14-22(23,24)25/h2-4,7-8,11-13,16H,5-6,9-10,14H2,1H3. The lowest BCUT2D eigenvalue weighted by Gasteiger charge is -2.33. The minimum absolute atomic E-state index is 0.000745. The van der Waals surface area contributed by atoms with E-state index in [-0.39, 0.29) is 6.10 Å². The molecule has 0 amide bonds. The number of aryl methyl sites for hydroxylation is 1. The molecule has 0 atom stereocenters. The van der Waals surface area contributed by atoms with Gasteiger partial charge in [0.15, 0.2) is 5.82 Å². The maximum atomic E-state index is 12.8. The average Bonchev–Trinajstić information content (AvgIpc) is 3.30. The third-order valence-electron chi connectivity index (χ3n) is 5.65. The molecule has 9 heteroatoms. The van der Waals surface area contributed by atoms with E-state index in [9.17, 15) is 13.2 Å². The molecular weight excluding hydrogens is 407 g/mol. The summed E-state index contributed by atoms with van der Waals surface area (Å²) in [6, 6.07) is 8.97. The van der Waals surface area contributed by atoms with Crippen molar-refractivity contribution in [3.05, 3.63) is 54.6 Å². The second-order valence-electron chi connectivity index (χ2n) is 7.92. The Bertz CT molecular complexity index is 1220. The molecule has 0 radical (unpaired) electrons. The van der Waals surface area contributed by atoms with Gasteiger partial charge in [-0.3, -0.25) is 0 Å². The van der Waals surface area contributed by atoms with E-state index in [0.717, 1.165) is 43.0 Å². The van der Waals surface area contributed by atoms with Crippen molar-refractivity contribution in [2.24, 2.45) is 0 Å². The van der Waals surface area contributed by atoms with E-state index < -0.39 is 12.7 Å². The van der Waals surface area contributed by atoms with E-state index in [1.807, 2.05) is 29.8 Å². The summed E-state index contributed by atoms with van der Waals surface area (Å²) in [5.74, 6) is 1.54. The fraction of sp³-hybridized carbons (Fsp3) is 0.364. The molecule has 0 bridgehead atoms. The minimum atomic E-state index is -4.26. The van der Waals surface area contributed by atoms with Crippen molar-refractivity contribution in [1.29, 1.82) is 0 Å². The zero-order chi connectivity index (χ0) is 21.6. The number of anilines is 1. The first-order chi connectivity index (χ1) is 14.9. The van der Waals surface area contributed by atoms with E-state index in [1.54, 1.807) is 24.4 Å². The van der Waals surface area contributed by atoms with Crippen LogP contribution in [-0.2, 0) is 6.54 Å². The molecule has 5 rings (SSSR count). The van der Waals surface area contributed by atoms with Gasteiger partial charge in [-0.15, -0.1) is 0 Å². The number of piperidine rings is 1. The van der Waals surface area contributed by atoms with E-state index in [1.165, 1.54) is 10.8 Å². The minimum Gasteiger partial charge on any atom is -0.490 e. The molecule has 0 N–H and O–H groups in total. The Morgan fingerprint density at radius 3 is 2.68 bits per heavy atom. The van der Waals surface area contributed by atoms with Crippen LogP contribution in [0.25, 0.3) is 16.4 Å². The molecule has 1 aliphatic heterocycles. The van der Waals surface area contributed by atoms with Crippen LogP contribution < -0.4 is 9.64 Å². The van der Waals surface area contributed by atoms with Crippen LogP contribution in [0, 0.1) is 6.92 Å². The van der Waals surface area contributed by atoms with Gasteiger partial charge < -0.3 is 14.2 Å². The van der Waals surface area contributed by atoms with E-state index in [4.69, 9.17) is 4.74 Å². The van der Waals surface area contributed by atoms with Crippen molar-refractivity contribution in [2.45, 2.75) is 38.6 Å². The topological polar surface area (TPSA) is 47.6 Å². The number of ether oxygens (including phenoxy) is 1. The summed E-state index contributed by atoms with van der Waals surface area (Å²) in [7, 11) is 0. The van der Waals surface area contributed by atoms with Crippen molar-refractivity contribution in [3.8, 4) is 5.75 Å². The molecule has 3 aromatic heterocycles. The Hall–Kier alpha value is -3.23. The van der Waals surface area contributed by atoms with E-state index in [2.05, 4.69) is 15.0 Å². The Balaban J connectivity index is 1.30. The largest absolute Gasteiger partial charge is 0.490 e. The normalized spacial score (nSPS) is 15.8. The molecule has 1 saturated heterocycles. The Labute approximate surface area is 176 Å². The van der Waals surface area contributed by atoms with Crippen LogP contribution in [0.4, 0.5) is 19.0 Å². The lowest BCUT2D eigenvalue weighted by molar-refractivity contribution is -0.139. The molecule has 1 aliphatic rings. The number of halogens is 3. The maximum absolute atomic E-state index is 12.8. The first-order valence-electron chi connectivity index (χ1n) is 10.2. The zero-order valence-electron chi connectivity index (χ0n) is 17.0. The highest BCUT2D eigenvalue weighted by Crippen LogP contribution is 2.31. The molecule has 1 aromatic carbocycles. The summed E-state index contributed by atoms with van der Waals surface area (Å²) in [5.41, 5.74) is 2.45. The monoisotopic (exact) mass is 429 g/mol. The zero-order valence-corrected chi connectivity index (χ0v) is 17.0. The summed E-state index contributed by atoms with van der Waals surface area (Å²) < 4.78 is 47.8. The predicted octanol–water partition coefficient (Wildman–Crippen LogP) is 4.60. The van der Waals surface area contributed by atoms with Crippen molar-refractivity contribution < 1.29 is 17.9 Å². The number of hydrogen-bond donors (Lipinski definition) is 0. The number of aromatic nitrogens is 4. The van der Waals surface area contributed by atoms with Crippen molar-refractivity contribution in [2.75, 3.05) is 18.0 Å². The van der Waals surface area contributed by atoms with Gasteiger partial charge in [0.2, 0.25) is 0 Å². The first-order valence-corrected chi connectivity index (χ1v) is 10.2. The number of alkyl halides is 3. The maximum Gasteiger partial charge on any atom is 0.406 e. The van der Waals surface area contributed by atoms with Gasteiger partial charge in [-0.05, 0) is 31.2 Å². The molecular formula is C22H22F3N5O. The first kappa shape index (κ1) is 19.7. The van der Waals surface area contributed by atoms with Crippen LogP contribution >= 0.6 is 0 Å². The van der Waals surface area contributed by atoms with E-state index in [0.29, 0.717) is 16.7 Å². The fourth-order valence-corrected chi connectivity index (χ4v) is 4.27. The summed E-state index contributed by atoms with van der Waals surface area (Å²) >= 11 is 0. The van der Waals surface area contributed by atoms with Gasteiger partial charge in [0.1, 0.15) is 23.9 Å². The van der Waals surface area contributed by atoms with Gasteiger partial charge >= 0.3 is 6.18 Å². The molecule has 0 saturated carbocycles. The van der Waals surface area contributed by atoms with Gasteiger partial charge in [-0.1, -0.05) is 6.07 Å². The van der Waals surface area contributed by atoms with Gasteiger partial charge in [-0.25, -0.2) is 9.50 Å². The third-order valence-corrected chi connectivity index (χ3v) is 5.65. The molecule has 0 unspecified atom stereocenters. The molecule has 0 aliphatic carbocycles. The molecule has 4 heterocycles. The molecule has 31 heavy (non-hydrogen) atoms. The average molecular weight is 429 g/mol. The second-order valence-corrected chi connectivity index (χ2v) is 7.92. The van der Waals surface area contributed by atoms with Crippen molar-refractivity contribution >= 4 is 22.2 Å². The Morgan fingerprint density at radius 2 is 1.90 bits per heavy atom. The third kappa shape index (κ3) is 3.92. The fourth-order valence-electron chi connectivity index (χ4n) is 4.27. The Morgan fingerprint density at radius 1 is 1.10 bits per heavy atom. The van der Waals surface area contributed by atoms with Crippen molar-refractivity contribution in [1.82, 2.24) is 19.2 Å². The molecule has 1 fully saturated rings. The number of fused-ring (bicyclic) bond motifs is 2. The van der Waals surface area contributed by atoms with Crippen LogP contribution in [0.1, 0.15) is 18.5 Å². The number of rotatable bonds is 4. The lowest BCUT2D eigenvalue weighted by Crippen LogP contribution is -2.38. The Kier molecular flexibility index (Phi) is 4.75. The van der Waals surface area contributed by atoms with Crippen LogP contribution in [0.15, 0.2) is 48.9 Å². The van der Waals surface area contributed by atoms with Gasteiger partial charge in [-0.2, -0.15) is 18.3 Å². The highest BCUT2D eigenvalue weighted by Gasteiger charge is 2.29. The summed E-state index contributed by atoms with van der Waals surface area (Å²) in [6.45, 7) is 2.52. The van der Waals surface area contributed by atoms with Crippen LogP contribution in [0.2, 0.25) is 0 Å². The second kappa shape index (κ2) is 7.47. The number of hydrogen-bond acceptors (Lipinski definition) is 4. The van der Waals surface area contributed by atoms with Crippen LogP contribution in [0.3, 0.4) is 0 Å². The van der Waals surface area contributed by atoms with E-state index >= 15 is 0 Å².